The highest BCUT2D eigenvalue weighted by molar-refractivity contribution is 7.92. The summed E-state index contributed by atoms with van der Waals surface area (Å²) in [4.78, 5) is 20.2. The summed E-state index contributed by atoms with van der Waals surface area (Å²) < 4.78 is 31.0. The lowest BCUT2D eigenvalue weighted by atomic mass is 10.1. The molecule has 0 unspecified atom stereocenters. The van der Waals surface area contributed by atoms with Crippen molar-refractivity contribution in [1.82, 2.24) is 15.3 Å². The fraction of sp³-hybridized carbons (Fsp3) is 0.143. The molecule has 30 heavy (non-hydrogen) atoms. The monoisotopic (exact) mass is 424 g/mol. The van der Waals surface area contributed by atoms with E-state index in [9.17, 15) is 13.2 Å². The van der Waals surface area contributed by atoms with Gasteiger partial charge in [-0.2, -0.15) is 0 Å². The zero-order valence-electron chi connectivity index (χ0n) is 16.2. The van der Waals surface area contributed by atoms with Crippen molar-refractivity contribution in [2.24, 2.45) is 0 Å². The first kappa shape index (κ1) is 19.7. The molecule has 0 atom stereocenters. The van der Waals surface area contributed by atoms with Crippen LogP contribution in [-0.2, 0) is 16.4 Å². The molecule has 0 spiro atoms. The van der Waals surface area contributed by atoms with E-state index in [1.54, 1.807) is 18.2 Å². The Kier molecular flexibility index (Phi) is 5.28. The largest absolute Gasteiger partial charge is 0.464 e. The van der Waals surface area contributed by atoms with Gasteiger partial charge in [-0.15, -0.1) is 0 Å². The second-order valence-electron chi connectivity index (χ2n) is 6.84. The molecule has 0 saturated carbocycles. The van der Waals surface area contributed by atoms with Crippen molar-refractivity contribution in [3.63, 3.8) is 0 Å². The van der Waals surface area contributed by atoms with Crippen LogP contribution in [-0.4, -0.2) is 37.1 Å². The van der Waals surface area contributed by atoms with E-state index in [4.69, 9.17) is 4.42 Å². The van der Waals surface area contributed by atoms with Gasteiger partial charge in [0.25, 0.3) is 5.91 Å². The van der Waals surface area contributed by atoms with Crippen LogP contribution in [0.2, 0.25) is 0 Å². The minimum absolute atomic E-state index is 0.0302. The fourth-order valence-electron chi connectivity index (χ4n) is 3.22. The summed E-state index contributed by atoms with van der Waals surface area (Å²) in [5, 5.41) is 3.95. The molecule has 3 aromatic heterocycles. The number of nitrogens with one attached hydrogen (secondary N) is 3. The third-order valence-corrected chi connectivity index (χ3v) is 5.14. The zero-order chi connectivity index (χ0) is 21.1. The lowest BCUT2D eigenvalue weighted by Gasteiger charge is -2.11. The van der Waals surface area contributed by atoms with Gasteiger partial charge in [0.15, 0.2) is 5.82 Å². The van der Waals surface area contributed by atoms with E-state index >= 15 is 0 Å². The third kappa shape index (κ3) is 4.36. The highest BCUT2D eigenvalue weighted by Gasteiger charge is 2.18. The van der Waals surface area contributed by atoms with Crippen molar-refractivity contribution in [2.45, 2.75) is 6.42 Å². The predicted octanol–water partition coefficient (Wildman–Crippen LogP) is 3.17. The Balaban J connectivity index is 1.54. The molecule has 4 aromatic rings. The average Bonchev–Trinajstić information content (AvgIpc) is 3.37. The second kappa shape index (κ2) is 8.03. The lowest BCUT2D eigenvalue weighted by Crippen LogP contribution is -2.27. The first-order valence-electron chi connectivity index (χ1n) is 9.25. The summed E-state index contributed by atoms with van der Waals surface area (Å²) in [5.74, 6) is 0.0699. The number of sulfonamides is 1. The molecule has 154 valence electrons. The van der Waals surface area contributed by atoms with Gasteiger partial charge in [0.05, 0.1) is 18.1 Å². The Morgan fingerprint density at radius 1 is 1.20 bits per heavy atom. The summed E-state index contributed by atoms with van der Waals surface area (Å²) in [6.07, 6.45) is 6.52. The topological polar surface area (TPSA) is 117 Å². The second-order valence-corrected chi connectivity index (χ2v) is 8.59. The Hall–Kier alpha value is -3.59. The van der Waals surface area contributed by atoms with E-state index in [1.165, 1.54) is 12.5 Å². The van der Waals surface area contributed by atoms with Crippen LogP contribution in [0.15, 0.2) is 65.5 Å². The number of amides is 1. The average molecular weight is 424 g/mol. The maximum absolute atomic E-state index is 12.8. The number of hydrogen-bond donors (Lipinski definition) is 3. The van der Waals surface area contributed by atoms with Gasteiger partial charge in [-0.1, -0.05) is 18.2 Å². The Bertz CT molecular complexity index is 1290. The number of benzene rings is 1. The van der Waals surface area contributed by atoms with Gasteiger partial charge < -0.3 is 14.7 Å². The molecule has 0 aliphatic carbocycles. The third-order valence-electron chi connectivity index (χ3n) is 4.57. The summed E-state index contributed by atoms with van der Waals surface area (Å²) in [6.45, 7) is 0.379. The van der Waals surface area contributed by atoms with Crippen LogP contribution in [0.4, 0.5) is 5.82 Å². The first-order valence-corrected chi connectivity index (χ1v) is 11.1. The summed E-state index contributed by atoms with van der Waals surface area (Å²) >= 11 is 0. The van der Waals surface area contributed by atoms with Gasteiger partial charge in [0.1, 0.15) is 5.76 Å². The van der Waals surface area contributed by atoms with E-state index in [-0.39, 0.29) is 11.4 Å². The van der Waals surface area contributed by atoms with Crippen LogP contribution in [0.3, 0.4) is 0 Å². The minimum Gasteiger partial charge on any atom is -0.464 e. The number of pyridine rings is 1. The summed E-state index contributed by atoms with van der Waals surface area (Å²) in [5.41, 5.74) is 2.81. The normalized spacial score (nSPS) is 11.5. The van der Waals surface area contributed by atoms with Gasteiger partial charge in [-0.05, 0) is 36.2 Å². The molecule has 9 heteroatoms. The molecule has 0 fully saturated rings. The van der Waals surface area contributed by atoms with E-state index < -0.39 is 15.9 Å². The molecule has 1 amide bonds. The molecule has 0 saturated heterocycles. The standard InChI is InChI=1S/C21H20N4O4S/c1-30(27,28)25-20-17(11-15(13-24-20)19-7-4-10-29-19)21(26)22-9-8-14-12-23-18-6-3-2-5-16(14)18/h2-7,10-13,23H,8-9H2,1H3,(H,22,26)(H,24,25). The highest BCUT2D eigenvalue weighted by atomic mass is 32.2. The van der Waals surface area contributed by atoms with Crippen molar-refractivity contribution in [3.8, 4) is 11.3 Å². The molecule has 1 aromatic carbocycles. The smallest absolute Gasteiger partial charge is 0.255 e. The van der Waals surface area contributed by atoms with Crippen LogP contribution in [0, 0.1) is 0 Å². The van der Waals surface area contributed by atoms with E-state index in [0.29, 0.717) is 24.3 Å². The molecule has 3 heterocycles. The maximum atomic E-state index is 12.8. The summed E-state index contributed by atoms with van der Waals surface area (Å²) in [7, 11) is -3.60. The quantitative estimate of drug-likeness (QED) is 0.421. The molecule has 0 bridgehead atoms. The van der Waals surface area contributed by atoms with Gasteiger partial charge in [0.2, 0.25) is 10.0 Å². The van der Waals surface area contributed by atoms with Crippen LogP contribution in [0.5, 0.6) is 0 Å². The Morgan fingerprint density at radius 2 is 2.03 bits per heavy atom. The van der Waals surface area contributed by atoms with E-state index in [0.717, 1.165) is 22.7 Å². The number of H-pyrrole nitrogens is 1. The van der Waals surface area contributed by atoms with Crippen molar-refractivity contribution in [2.75, 3.05) is 17.5 Å². The Morgan fingerprint density at radius 3 is 2.80 bits per heavy atom. The highest BCUT2D eigenvalue weighted by Crippen LogP contribution is 2.24. The fourth-order valence-corrected chi connectivity index (χ4v) is 3.73. The number of anilines is 1. The van der Waals surface area contributed by atoms with E-state index in [2.05, 4.69) is 20.0 Å². The number of para-hydroxylation sites is 1. The minimum atomic E-state index is -3.60. The van der Waals surface area contributed by atoms with Crippen molar-refractivity contribution in [3.05, 3.63) is 72.2 Å². The number of hydrogen-bond acceptors (Lipinski definition) is 5. The SMILES string of the molecule is CS(=O)(=O)Nc1ncc(-c2ccco2)cc1C(=O)NCCc1c[nH]c2ccccc12. The number of aromatic amines is 1. The van der Waals surface area contributed by atoms with Gasteiger partial charge >= 0.3 is 0 Å². The Labute approximate surface area is 173 Å². The molecule has 0 aliphatic heterocycles. The molecule has 0 aliphatic rings. The van der Waals surface area contributed by atoms with Gasteiger partial charge in [-0.25, -0.2) is 13.4 Å². The lowest BCUT2D eigenvalue weighted by molar-refractivity contribution is 0.0955. The van der Waals surface area contributed by atoms with Crippen LogP contribution in [0.25, 0.3) is 22.2 Å². The molecular weight excluding hydrogens is 404 g/mol. The summed E-state index contributed by atoms with van der Waals surface area (Å²) in [6, 6.07) is 13.0. The van der Waals surface area contributed by atoms with Crippen molar-refractivity contribution in [1.29, 1.82) is 0 Å². The first-order chi connectivity index (χ1) is 14.4. The molecule has 8 nitrogen and oxygen atoms in total. The number of carbonyl (C=O) groups is 1. The zero-order valence-corrected chi connectivity index (χ0v) is 17.0. The molecule has 0 radical (unpaired) electrons. The van der Waals surface area contributed by atoms with Crippen molar-refractivity contribution >= 4 is 32.7 Å². The number of aromatic nitrogens is 2. The van der Waals surface area contributed by atoms with Crippen LogP contribution >= 0.6 is 0 Å². The molecular formula is C21H20N4O4S. The number of fused-ring (bicyclic) bond motifs is 1. The van der Waals surface area contributed by atoms with Gasteiger partial charge in [-0.3, -0.25) is 9.52 Å². The van der Waals surface area contributed by atoms with Crippen LogP contribution < -0.4 is 10.0 Å². The predicted molar refractivity (Wildman–Crippen MR) is 115 cm³/mol. The molecule has 4 rings (SSSR count). The molecule has 3 N–H and O–H groups in total. The number of carbonyl (C=O) groups excluding carboxylic acids is 1. The van der Waals surface area contributed by atoms with Crippen LogP contribution in [0.1, 0.15) is 15.9 Å². The van der Waals surface area contributed by atoms with Gasteiger partial charge in [0, 0.05) is 35.4 Å². The van der Waals surface area contributed by atoms with Crippen molar-refractivity contribution < 1.29 is 17.6 Å². The maximum Gasteiger partial charge on any atom is 0.255 e. The number of nitrogens with zero attached hydrogens (tertiary/aromatic N) is 1. The number of furan rings is 1. The van der Waals surface area contributed by atoms with E-state index in [1.807, 2.05) is 30.5 Å². The number of rotatable bonds is 7.